The lowest BCUT2D eigenvalue weighted by atomic mass is 10.2. The first-order valence-electron chi connectivity index (χ1n) is 5.25. The van der Waals surface area contributed by atoms with Crippen LogP contribution in [0.15, 0.2) is 47.4 Å². The van der Waals surface area contributed by atoms with Crippen molar-refractivity contribution in [2.24, 2.45) is 0 Å². The molecule has 1 atom stereocenters. The van der Waals surface area contributed by atoms with Gasteiger partial charge in [0.15, 0.2) is 0 Å². The van der Waals surface area contributed by atoms with Crippen molar-refractivity contribution in [3.8, 4) is 0 Å². The average Bonchev–Trinajstić information content (AvgIpc) is 2.33. The van der Waals surface area contributed by atoms with Gasteiger partial charge in [-0.3, -0.25) is 4.21 Å². The van der Waals surface area contributed by atoms with Crippen molar-refractivity contribution in [2.75, 3.05) is 5.73 Å². The van der Waals surface area contributed by atoms with Gasteiger partial charge in [0.2, 0.25) is 0 Å². The number of halogens is 2. The molecule has 0 aliphatic carbocycles. The summed E-state index contributed by atoms with van der Waals surface area (Å²) < 4.78 is 12.2. The maximum absolute atomic E-state index is 12.2. The van der Waals surface area contributed by atoms with E-state index in [9.17, 15) is 4.21 Å². The molecule has 0 spiro atoms. The van der Waals surface area contributed by atoms with E-state index in [1.165, 1.54) is 0 Å². The molecule has 0 radical (unpaired) electrons. The quantitative estimate of drug-likeness (QED) is 0.874. The molecule has 94 valence electrons. The summed E-state index contributed by atoms with van der Waals surface area (Å²) in [5.74, 6) is 0.324. The van der Waals surface area contributed by atoms with E-state index in [4.69, 9.17) is 28.9 Å². The van der Waals surface area contributed by atoms with E-state index in [0.29, 0.717) is 26.4 Å². The highest BCUT2D eigenvalue weighted by Crippen LogP contribution is 2.25. The zero-order valence-electron chi connectivity index (χ0n) is 9.40. The van der Waals surface area contributed by atoms with Crippen LogP contribution in [0.2, 0.25) is 10.0 Å². The van der Waals surface area contributed by atoms with Crippen LogP contribution >= 0.6 is 23.2 Å². The van der Waals surface area contributed by atoms with E-state index in [-0.39, 0.29) is 0 Å². The van der Waals surface area contributed by atoms with Crippen LogP contribution in [0, 0.1) is 0 Å². The maximum atomic E-state index is 12.2. The Labute approximate surface area is 118 Å². The zero-order valence-corrected chi connectivity index (χ0v) is 11.7. The fourth-order valence-electron chi connectivity index (χ4n) is 1.55. The summed E-state index contributed by atoms with van der Waals surface area (Å²) >= 11 is 11.9. The molecule has 0 fully saturated rings. The molecular formula is C13H11Cl2NOS. The van der Waals surface area contributed by atoms with E-state index in [1.807, 2.05) is 12.1 Å². The van der Waals surface area contributed by atoms with Crippen molar-refractivity contribution in [1.29, 1.82) is 0 Å². The molecule has 0 heterocycles. The molecule has 0 aromatic heterocycles. The molecule has 1 unspecified atom stereocenters. The minimum Gasteiger partial charge on any atom is -0.398 e. The fourth-order valence-corrected chi connectivity index (χ4v) is 3.35. The van der Waals surface area contributed by atoms with Gasteiger partial charge in [-0.25, -0.2) is 0 Å². The fraction of sp³-hybridized carbons (Fsp3) is 0.0769. The van der Waals surface area contributed by atoms with Crippen LogP contribution in [0.5, 0.6) is 0 Å². The van der Waals surface area contributed by atoms with Crippen molar-refractivity contribution in [1.82, 2.24) is 0 Å². The third-order valence-corrected chi connectivity index (χ3v) is 4.49. The number of anilines is 1. The van der Waals surface area contributed by atoms with Gasteiger partial charge in [0.25, 0.3) is 0 Å². The lowest BCUT2D eigenvalue weighted by Gasteiger charge is -2.07. The van der Waals surface area contributed by atoms with E-state index in [1.54, 1.807) is 30.3 Å². The van der Waals surface area contributed by atoms with Crippen LogP contribution in [0.3, 0.4) is 0 Å². The van der Waals surface area contributed by atoms with Crippen molar-refractivity contribution in [3.63, 3.8) is 0 Å². The molecule has 0 aliphatic rings. The van der Waals surface area contributed by atoms with Gasteiger partial charge in [-0.2, -0.15) is 0 Å². The molecule has 2 N–H and O–H groups in total. The normalized spacial score (nSPS) is 12.3. The number of para-hydroxylation sites is 1. The molecule has 0 saturated heterocycles. The second-order valence-electron chi connectivity index (χ2n) is 3.76. The van der Waals surface area contributed by atoms with Crippen LogP contribution in [0.25, 0.3) is 0 Å². The molecule has 0 aliphatic heterocycles. The minimum absolute atomic E-state index is 0.324. The Balaban J connectivity index is 2.24. The highest BCUT2D eigenvalue weighted by molar-refractivity contribution is 7.84. The second-order valence-corrected chi connectivity index (χ2v) is 6.03. The molecule has 0 bridgehead atoms. The number of hydrogen-bond acceptors (Lipinski definition) is 2. The van der Waals surface area contributed by atoms with Crippen LogP contribution in [-0.2, 0) is 16.6 Å². The summed E-state index contributed by atoms with van der Waals surface area (Å²) in [5, 5.41) is 1.08. The third kappa shape index (κ3) is 3.05. The van der Waals surface area contributed by atoms with E-state index in [2.05, 4.69) is 0 Å². The first kappa shape index (κ1) is 13.4. The largest absolute Gasteiger partial charge is 0.398 e. The van der Waals surface area contributed by atoms with Gasteiger partial charge in [0.1, 0.15) is 0 Å². The van der Waals surface area contributed by atoms with Crippen molar-refractivity contribution < 1.29 is 4.21 Å². The lowest BCUT2D eigenvalue weighted by molar-refractivity contribution is 0.683. The zero-order chi connectivity index (χ0) is 13.1. The molecule has 5 heteroatoms. The summed E-state index contributed by atoms with van der Waals surface area (Å²) in [7, 11) is -1.22. The van der Waals surface area contributed by atoms with Gasteiger partial charge >= 0.3 is 0 Å². The Morgan fingerprint density at radius 1 is 1.11 bits per heavy atom. The standard InChI is InChI=1S/C13H11Cl2NOS/c14-10-6-5-9(11(15)7-10)8-18(17)13-4-2-1-3-12(13)16/h1-7H,8,16H2. The van der Waals surface area contributed by atoms with Crippen LogP contribution in [0.4, 0.5) is 5.69 Å². The van der Waals surface area contributed by atoms with Crippen LogP contribution in [-0.4, -0.2) is 4.21 Å². The Bertz CT molecular complexity index is 601. The molecular weight excluding hydrogens is 289 g/mol. The second kappa shape index (κ2) is 5.74. The molecule has 0 saturated carbocycles. The van der Waals surface area contributed by atoms with Gasteiger partial charge in [-0.05, 0) is 29.8 Å². The average molecular weight is 300 g/mol. The topological polar surface area (TPSA) is 43.1 Å². The first-order chi connectivity index (χ1) is 8.58. The number of nitrogen functional groups attached to an aromatic ring is 1. The van der Waals surface area contributed by atoms with Gasteiger partial charge in [-0.1, -0.05) is 41.4 Å². The Morgan fingerprint density at radius 3 is 2.50 bits per heavy atom. The van der Waals surface area contributed by atoms with Crippen LogP contribution < -0.4 is 5.73 Å². The summed E-state index contributed by atoms with van der Waals surface area (Å²) in [6.45, 7) is 0. The van der Waals surface area contributed by atoms with E-state index < -0.39 is 10.8 Å². The Kier molecular flexibility index (Phi) is 4.27. The smallest absolute Gasteiger partial charge is 0.0620 e. The first-order valence-corrected chi connectivity index (χ1v) is 7.32. The monoisotopic (exact) mass is 299 g/mol. The predicted molar refractivity (Wildman–Crippen MR) is 77.4 cm³/mol. The maximum Gasteiger partial charge on any atom is 0.0620 e. The molecule has 0 amide bonds. The summed E-state index contributed by atoms with van der Waals surface area (Å²) in [4.78, 5) is 0.628. The number of rotatable bonds is 3. The van der Waals surface area contributed by atoms with Gasteiger partial charge < -0.3 is 5.73 Å². The molecule has 2 aromatic rings. The number of nitrogens with two attached hydrogens (primary N) is 1. The number of hydrogen-bond donors (Lipinski definition) is 1. The number of benzene rings is 2. The summed E-state index contributed by atoms with van der Waals surface area (Å²) in [6.07, 6.45) is 0. The predicted octanol–water partition coefficient (Wildman–Crippen LogP) is 3.88. The van der Waals surface area contributed by atoms with E-state index in [0.717, 1.165) is 5.56 Å². The minimum atomic E-state index is -1.22. The highest BCUT2D eigenvalue weighted by atomic mass is 35.5. The van der Waals surface area contributed by atoms with Crippen molar-refractivity contribution in [3.05, 3.63) is 58.1 Å². The molecule has 2 rings (SSSR count). The van der Waals surface area contributed by atoms with Crippen molar-refractivity contribution >= 4 is 39.7 Å². The highest BCUT2D eigenvalue weighted by Gasteiger charge is 2.10. The van der Waals surface area contributed by atoms with Gasteiger partial charge in [0, 0.05) is 15.7 Å². The summed E-state index contributed by atoms with van der Waals surface area (Å²) in [6, 6.07) is 12.3. The Hall–Kier alpha value is -1.03. The van der Waals surface area contributed by atoms with Crippen LogP contribution in [0.1, 0.15) is 5.56 Å². The van der Waals surface area contributed by atoms with Gasteiger partial charge in [-0.15, -0.1) is 0 Å². The lowest BCUT2D eigenvalue weighted by Crippen LogP contribution is -2.01. The summed E-state index contributed by atoms with van der Waals surface area (Å²) in [5.41, 5.74) is 7.11. The van der Waals surface area contributed by atoms with E-state index >= 15 is 0 Å². The Morgan fingerprint density at radius 2 is 1.83 bits per heavy atom. The molecule has 18 heavy (non-hydrogen) atoms. The van der Waals surface area contributed by atoms with Gasteiger partial charge in [0.05, 0.1) is 21.4 Å². The van der Waals surface area contributed by atoms with Crippen molar-refractivity contribution in [2.45, 2.75) is 10.6 Å². The SMILES string of the molecule is Nc1ccccc1S(=O)Cc1ccc(Cl)cc1Cl. The molecule has 2 nitrogen and oxygen atoms in total. The molecule has 2 aromatic carbocycles. The third-order valence-electron chi connectivity index (χ3n) is 2.47.